The van der Waals surface area contributed by atoms with Crippen LogP contribution in [0.15, 0.2) is 54.7 Å². The maximum Gasteiger partial charge on any atom is 0.142 e. The summed E-state index contributed by atoms with van der Waals surface area (Å²) in [4.78, 5) is 9.31. The lowest BCUT2D eigenvalue weighted by Gasteiger charge is -2.24. The maximum atomic E-state index is 5.61. The molecule has 0 amide bonds. The van der Waals surface area contributed by atoms with Crippen molar-refractivity contribution in [3.05, 3.63) is 76.3 Å². The van der Waals surface area contributed by atoms with Crippen molar-refractivity contribution in [3.63, 3.8) is 0 Å². The Labute approximate surface area is 147 Å². The summed E-state index contributed by atoms with van der Waals surface area (Å²) in [7, 11) is 0. The van der Waals surface area contributed by atoms with Crippen molar-refractivity contribution in [1.82, 2.24) is 14.5 Å². The number of rotatable bonds is 3. The molecule has 120 valence electrons. The fourth-order valence-corrected chi connectivity index (χ4v) is 3.71. The summed E-state index contributed by atoms with van der Waals surface area (Å²) in [5.74, 6) is 0.951. The zero-order valence-electron chi connectivity index (χ0n) is 13.5. The van der Waals surface area contributed by atoms with Crippen LogP contribution in [-0.2, 0) is 19.4 Å². The lowest BCUT2D eigenvalue weighted by molar-refractivity contribution is 0.600. The van der Waals surface area contributed by atoms with E-state index in [9.17, 15) is 0 Å². The zero-order valence-corrected chi connectivity index (χ0v) is 14.3. The minimum atomic E-state index is 0.732. The Bertz CT molecular complexity index is 901. The van der Waals surface area contributed by atoms with E-state index < -0.39 is 0 Å². The van der Waals surface area contributed by atoms with Crippen molar-refractivity contribution < 1.29 is 0 Å². The van der Waals surface area contributed by atoms with Gasteiger partial charge in [-0.15, -0.1) is 0 Å². The van der Waals surface area contributed by atoms with Gasteiger partial charge in [-0.05, 0) is 37.8 Å². The predicted octanol–water partition coefficient (Wildman–Crippen LogP) is 4.60. The molecular weight excluding hydrogens is 314 g/mol. The number of fused-ring (bicyclic) bond motifs is 1. The van der Waals surface area contributed by atoms with Crippen LogP contribution in [-0.4, -0.2) is 14.5 Å². The van der Waals surface area contributed by atoms with Gasteiger partial charge in [-0.25, -0.2) is 4.98 Å². The van der Waals surface area contributed by atoms with Gasteiger partial charge < -0.3 is 4.57 Å². The van der Waals surface area contributed by atoms with E-state index in [1.54, 1.807) is 0 Å². The third-order valence-electron chi connectivity index (χ3n) is 4.56. The lowest BCUT2D eigenvalue weighted by atomic mass is 9.96. The highest BCUT2D eigenvalue weighted by Crippen LogP contribution is 2.27. The standard InChI is InChI=1S/C20H19N3S/c24-20-17-11-4-5-12-18(17)23(14-16-10-6-7-13-21-16)19(22-20)15-8-2-1-3-9-15/h1-3,6-10,13H,4-5,11-12,14H2. The molecule has 1 aliphatic rings. The molecule has 0 fully saturated rings. The highest BCUT2D eigenvalue weighted by atomic mass is 32.1. The molecule has 0 spiro atoms. The van der Waals surface area contributed by atoms with Gasteiger partial charge in [0.2, 0.25) is 0 Å². The van der Waals surface area contributed by atoms with Crippen LogP contribution in [0.4, 0.5) is 0 Å². The first-order valence-electron chi connectivity index (χ1n) is 8.41. The van der Waals surface area contributed by atoms with Gasteiger partial charge in [-0.2, -0.15) is 0 Å². The van der Waals surface area contributed by atoms with Crippen LogP contribution in [0.25, 0.3) is 11.4 Å². The molecule has 2 heterocycles. The molecule has 0 aliphatic heterocycles. The quantitative estimate of drug-likeness (QED) is 0.656. The van der Waals surface area contributed by atoms with Crippen LogP contribution >= 0.6 is 12.2 Å². The largest absolute Gasteiger partial charge is 0.323 e. The summed E-state index contributed by atoms with van der Waals surface area (Å²) >= 11 is 5.61. The van der Waals surface area contributed by atoms with E-state index in [0.29, 0.717) is 0 Å². The van der Waals surface area contributed by atoms with E-state index in [-0.39, 0.29) is 0 Å². The third-order valence-corrected chi connectivity index (χ3v) is 4.90. The molecule has 2 aromatic heterocycles. The van der Waals surface area contributed by atoms with E-state index >= 15 is 0 Å². The average Bonchev–Trinajstić information content (AvgIpc) is 2.65. The molecule has 4 rings (SSSR count). The highest BCUT2D eigenvalue weighted by molar-refractivity contribution is 7.71. The fourth-order valence-electron chi connectivity index (χ4n) is 3.40. The zero-order chi connectivity index (χ0) is 16.4. The Balaban J connectivity index is 1.92. The first-order valence-corrected chi connectivity index (χ1v) is 8.81. The van der Waals surface area contributed by atoms with Crippen LogP contribution in [0.1, 0.15) is 29.8 Å². The molecule has 0 unspecified atom stereocenters. The minimum Gasteiger partial charge on any atom is -0.323 e. The van der Waals surface area contributed by atoms with Crippen molar-refractivity contribution in [2.45, 2.75) is 32.2 Å². The van der Waals surface area contributed by atoms with Crippen LogP contribution in [0.3, 0.4) is 0 Å². The monoisotopic (exact) mass is 333 g/mol. The summed E-state index contributed by atoms with van der Waals surface area (Å²) in [5, 5.41) is 0. The second-order valence-corrected chi connectivity index (χ2v) is 6.53. The van der Waals surface area contributed by atoms with Gasteiger partial charge in [-0.1, -0.05) is 48.6 Å². The maximum absolute atomic E-state index is 5.61. The molecule has 0 saturated heterocycles. The van der Waals surface area contributed by atoms with Crippen molar-refractivity contribution in [1.29, 1.82) is 0 Å². The number of hydrogen-bond donors (Lipinski definition) is 0. The predicted molar refractivity (Wildman–Crippen MR) is 98.5 cm³/mol. The first-order chi connectivity index (χ1) is 11.8. The topological polar surface area (TPSA) is 30.7 Å². The normalized spacial score (nSPS) is 13.5. The van der Waals surface area contributed by atoms with E-state index in [0.717, 1.165) is 41.1 Å². The van der Waals surface area contributed by atoms with Crippen molar-refractivity contribution in [3.8, 4) is 11.4 Å². The number of pyridine rings is 1. The molecule has 0 radical (unpaired) electrons. The fraction of sp³-hybridized carbons (Fsp3) is 0.250. The minimum absolute atomic E-state index is 0.732. The number of aromatic nitrogens is 3. The van der Waals surface area contributed by atoms with E-state index in [1.807, 2.05) is 36.5 Å². The smallest absolute Gasteiger partial charge is 0.142 e. The van der Waals surface area contributed by atoms with Crippen LogP contribution in [0.2, 0.25) is 0 Å². The Morgan fingerprint density at radius 3 is 2.54 bits per heavy atom. The molecule has 24 heavy (non-hydrogen) atoms. The number of hydrogen-bond acceptors (Lipinski definition) is 3. The first kappa shape index (κ1) is 15.2. The molecule has 0 saturated carbocycles. The molecule has 0 atom stereocenters. The van der Waals surface area contributed by atoms with Gasteiger partial charge in [0.15, 0.2) is 0 Å². The van der Waals surface area contributed by atoms with Gasteiger partial charge in [0, 0.05) is 23.0 Å². The Hall–Kier alpha value is -2.33. The molecule has 3 aromatic rings. The summed E-state index contributed by atoms with van der Waals surface area (Å²) < 4.78 is 3.09. The molecule has 3 nitrogen and oxygen atoms in total. The van der Waals surface area contributed by atoms with Crippen molar-refractivity contribution >= 4 is 12.2 Å². The van der Waals surface area contributed by atoms with Gasteiger partial charge in [0.05, 0.1) is 12.2 Å². The summed E-state index contributed by atoms with van der Waals surface area (Å²) in [6, 6.07) is 16.4. The summed E-state index contributed by atoms with van der Waals surface area (Å²) in [6.07, 6.45) is 6.36. The van der Waals surface area contributed by atoms with Gasteiger partial charge >= 0.3 is 0 Å². The van der Waals surface area contributed by atoms with Crippen LogP contribution < -0.4 is 0 Å². The van der Waals surface area contributed by atoms with E-state index in [4.69, 9.17) is 17.2 Å². The second-order valence-electron chi connectivity index (χ2n) is 6.15. The van der Waals surface area contributed by atoms with Crippen molar-refractivity contribution in [2.75, 3.05) is 0 Å². The number of benzene rings is 1. The summed E-state index contributed by atoms with van der Waals surface area (Å²) in [6.45, 7) is 0.732. The van der Waals surface area contributed by atoms with Gasteiger partial charge in [-0.3, -0.25) is 4.98 Å². The SMILES string of the molecule is S=c1nc(-c2ccccc2)n(Cc2ccccn2)c2c1CCCC2. The van der Waals surface area contributed by atoms with E-state index in [2.05, 4.69) is 27.8 Å². The van der Waals surface area contributed by atoms with E-state index in [1.165, 1.54) is 24.1 Å². The Morgan fingerprint density at radius 1 is 0.958 bits per heavy atom. The summed E-state index contributed by atoms with van der Waals surface area (Å²) in [5.41, 5.74) is 4.75. The van der Waals surface area contributed by atoms with Crippen molar-refractivity contribution in [2.24, 2.45) is 0 Å². The number of nitrogens with zero attached hydrogens (tertiary/aromatic N) is 3. The second kappa shape index (κ2) is 6.65. The molecule has 0 N–H and O–H groups in total. The van der Waals surface area contributed by atoms with Gasteiger partial charge in [0.25, 0.3) is 0 Å². The highest BCUT2D eigenvalue weighted by Gasteiger charge is 2.19. The third kappa shape index (κ3) is 2.89. The van der Waals surface area contributed by atoms with Crippen LogP contribution in [0, 0.1) is 4.64 Å². The molecule has 4 heteroatoms. The molecule has 0 bridgehead atoms. The molecule has 1 aromatic carbocycles. The van der Waals surface area contributed by atoms with Gasteiger partial charge in [0.1, 0.15) is 10.5 Å². The Kier molecular flexibility index (Phi) is 4.22. The molecular formula is C20H19N3S. The Morgan fingerprint density at radius 2 is 1.75 bits per heavy atom. The van der Waals surface area contributed by atoms with Crippen LogP contribution in [0.5, 0.6) is 0 Å². The lowest BCUT2D eigenvalue weighted by Crippen LogP contribution is -2.19. The average molecular weight is 333 g/mol. The molecule has 1 aliphatic carbocycles.